The van der Waals surface area contributed by atoms with Gasteiger partial charge in [-0.05, 0) is 12.8 Å². The molecule has 0 fully saturated rings. The molecule has 0 bridgehead atoms. The van der Waals surface area contributed by atoms with Gasteiger partial charge in [0.05, 0.1) is 6.54 Å². The molecule has 0 spiro atoms. The molecule has 0 saturated heterocycles. The highest BCUT2D eigenvalue weighted by Crippen LogP contribution is 2.08. The number of amides is 1. The van der Waals surface area contributed by atoms with E-state index >= 15 is 0 Å². The van der Waals surface area contributed by atoms with Crippen molar-refractivity contribution in [3.8, 4) is 0 Å². The number of hydrogen-bond acceptors (Lipinski definition) is 3. The van der Waals surface area contributed by atoms with Gasteiger partial charge in [-0.3, -0.25) is 9.59 Å². The van der Waals surface area contributed by atoms with Crippen molar-refractivity contribution in [2.75, 3.05) is 6.54 Å². The molecule has 1 amide bonds. The van der Waals surface area contributed by atoms with Crippen LogP contribution in [0.15, 0.2) is 12.2 Å². The van der Waals surface area contributed by atoms with Gasteiger partial charge in [0.1, 0.15) is 6.10 Å². The van der Waals surface area contributed by atoms with E-state index in [1.54, 1.807) is 0 Å². The van der Waals surface area contributed by atoms with Crippen LogP contribution in [-0.4, -0.2) is 24.5 Å². The zero-order chi connectivity index (χ0) is 15.9. The third-order valence-corrected chi connectivity index (χ3v) is 3.20. The lowest BCUT2D eigenvalue weighted by Crippen LogP contribution is -2.32. The quantitative estimate of drug-likeness (QED) is 0.339. The minimum Gasteiger partial charge on any atom is -0.460 e. The largest absolute Gasteiger partial charge is 0.460 e. The number of unbranched alkanes of at least 4 members (excludes halogenated alkanes) is 6. The van der Waals surface area contributed by atoms with Crippen molar-refractivity contribution >= 4 is 11.9 Å². The van der Waals surface area contributed by atoms with E-state index in [1.807, 2.05) is 6.08 Å². The van der Waals surface area contributed by atoms with Crippen LogP contribution in [0.3, 0.4) is 0 Å². The molecule has 1 N–H and O–H groups in total. The lowest BCUT2D eigenvalue weighted by atomic mass is 10.1. The van der Waals surface area contributed by atoms with Gasteiger partial charge in [0.2, 0.25) is 5.91 Å². The Morgan fingerprint density at radius 2 is 1.71 bits per heavy atom. The average molecular weight is 297 g/mol. The fourth-order valence-corrected chi connectivity index (χ4v) is 2.07. The Hall–Kier alpha value is -1.32. The fourth-order valence-electron chi connectivity index (χ4n) is 2.07. The molecule has 0 heterocycles. The Bertz CT molecular complexity index is 313. The molecular formula is C17H31NO3. The zero-order valence-corrected chi connectivity index (χ0v) is 13.8. The summed E-state index contributed by atoms with van der Waals surface area (Å²) in [5.41, 5.74) is 0. The summed E-state index contributed by atoms with van der Waals surface area (Å²) in [6.07, 6.45) is 13.4. The minimum absolute atomic E-state index is 0.108. The van der Waals surface area contributed by atoms with Gasteiger partial charge in [-0.1, -0.05) is 51.2 Å². The van der Waals surface area contributed by atoms with Crippen LogP contribution in [0.1, 0.15) is 72.1 Å². The average Bonchev–Trinajstić information content (AvgIpc) is 2.42. The Balaban J connectivity index is 3.75. The maximum Gasteiger partial charge on any atom is 0.302 e. The van der Waals surface area contributed by atoms with Crippen LogP contribution in [0.2, 0.25) is 0 Å². The maximum absolute atomic E-state index is 11.0. The van der Waals surface area contributed by atoms with Gasteiger partial charge < -0.3 is 10.1 Å². The van der Waals surface area contributed by atoms with Crippen LogP contribution < -0.4 is 5.32 Å². The minimum atomic E-state index is -0.310. The molecule has 0 aliphatic rings. The van der Waals surface area contributed by atoms with E-state index in [0.717, 1.165) is 6.42 Å². The van der Waals surface area contributed by atoms with Gasteiger partial charge >= 0.3 is 5.97 Å². The maximum atomic E-state index is 11.0. The van der Waals surface area contributed by atoms with Crippen molar-refractivity contribution in [1.29, 1.82) is 0 Å². The standard InChI is InChI=1S/C17H31NO3/c1-4-5-6-7-8-9-10-11-12-13-17(21-16(3)20)14-18-15(2)19/h11-12,17H,4-10,13-14H2,1-3H3,(H,18,19)/b12-11+/t17-/m0/s1. The first kappa shape index (κ1) is 19.7. The molecule has 0 rings (SSSR count). The van der Waals surface area contributed by atoms with E-state index in [1.165, 1.54) is 52.4 Å². The Morgan fingerprint density at radius 1 is 1.05 bits per heavy atom. The first-order valence-corrected chi connectivity index (χ1v) is 8.13. The van der Waals surface area contributed by atoms with E-state index in [-0.39, 0.29) is 18.0 Å². The number of allylic oxidation sites excluding steroid dienone is 1. The molecule has 0 aliphatic heterocycles. The first-order valence-electron chi connectivity index (χ1n) is 8.13. The number of rotatable bonds is 12. The van der Waals surface area contributed by atoms with Crippen molar-refractivity contribution < 1.29 is 14.3 Å². The smallest absolute Gasteiger partial charge is 0.302 e. The molecule has 0 unspecified atom stereocenters. The zero-order valence-electron chi connectivity index (χ0n) is 13.8. The summed E-state index contributed by atoms with van der Waals surface area (Å²) >= 11 is 0. The van der Waals surface area contributed by atoms with Gasteiger partial charge in [0, 0.05) is 20.3 Å². The first-order chi connectivity index (χ1) is 10.1. The number of nitrogens with one attached hydrogen (secondary N) is 1. The molecule has 0 saturated carbocycles. The van der Waals surface area contributed by atoms with Crippen LogP contribution in [-0.2, 0) is 14.3 Å². The summed E-state index contributed by atoms with van der Waals surface area (Å²) in [6, 6.07) is 0. The predicted octanol–water partition coefficient (Wildman–Crippen LogP) is 3.75. The van der Waals surface area contributed by atoms with Crippen molar-refractivity contribution in [3.05, 3.63) is 12.2 Å². The molecule has 0 aromatic carbocycles. The SMILES string of the molecule is CCCCCCCC/C=C/C[C@@H](CNC(C)=O)OC(C)=O. The van der Waals surface area contributed by atoms with Gasteiger partial charge in [-0.2, -0.15) is 0 Å². The Morgan fingerprint density at radius 3 is 2.33 bits per heavy atom. The Labute approximate surface area is 129 Å². The number of carbonyl (C=O) groups is 2. The molecule has 4 nitrogen and oxygen atoms in total. The highest BCUT2D eigenvalue weighted by Gasteiger charge is 2.10. The summed E-state index contributed by atoms with van der Waals surface area (Å²) in [7, 11) is 0. The van der Waals surface area contributed by atoms with E-state index in [2.05, 4.69) is 18.3 Å². The molecule has 0 aromatic heterocycles. The number of hydrogen-bond donors (Lipinski definition) is 1. The van der Waals surface area contributed by atoms with Crippen molar-refractivity contribution in [2.24, 2.45) is 0 Å². The third kappa shape index (κ3) is 14.9. The second kappa shape index (κ2) is 13.7. The van der Waals surface area contributed by atoms with Crippen LogP contribution in [0.5, 0.6) is 0 Å². The molecular weight excluding hydrogens is 266 g/mol. The van der Waals surface area contributed by atoms with Gasteiger partial charge in [0.15, 0.2) is 0 Å². The van der Waals surface area contributed by atoms with Crippen LogP contribution in [0.4, 0.5) is 0 Å². The summed E-state index contributed by atoms with van der Waals surface area (Å²) in [4.78, 5) is 21.9. The predicted molar refractivity (Wildman–Crippen MR) is 86.0 cm³/mol. The lowest BCUT2D eigenvalue weighted by Gasteiger charge is -2.15. The highest BCUT2D eigenvalue weighted by atomic mass is 16.5. The van der Waals surface area contributed by atoms with E-state index in [4.69, 9.17) is 4.74 Å². The van der Waals surface area contributed by atoms with E-state index in [0.29, 0.717) is 13.0 Å². The topological polar surface area (TPSA) is 55.4 Å². The number of ether oxygens (including phenoxy) is 1. The Kier molecular flexibility index (Phi) is 12.8. The van der Waals surface area contributed by atoms with Crippen molar-refractivity contribution in [1.82, 2.24) is 5.32 Å². The lowest BCUT2D eigenvalue weighted by molar-refractivity contribution is -0.146. The molecule has 0 aromatic rings. The molecule has 0 aliphatic carbocycles. The van der Waals surface area contributed by atoms with E-state index in [9.17, 15) is 9.59 Å². The summed E-state index contributed by atoms with van der Waals surface area (Å²) < 4.78 is 5.17. The molecule has 1 atom stereocenters. The number of esters is 1. The third-order valence-electron chi connectivity index (χ3n) is 3.20. The molecule has 122 valence electrons. The van der Waals surface area contributed by atoms with Crippen molar-refractivity contribution in [2.45, 2.75) is 78.2 Å². The fraction of sp³-hybridized carbons (Fsp3) is 0.765. The molecule has 4 heteroatoms. The van der Waals surface area contributed by atoms with Gasteiger partial charge in [0.25, 0.3) is 0 Å². The second-order valence-electron chi connectivity index (χ2n) is 5.43. The normalized spacial score (nSPS) is 12.3. The van der Waals surface area contributed by atoms with Gasteiger partial charge in [-0.25, -0.2) is 0 Å². The van der Waals surface area contributed by atoms with E-state index < -0.39 is 0 Å². The van der Waals surface area contributed by atoms with Crippen LogP contribution in [0.25, 0.3) is 0 Å². The summed E-state index contributed by atoms with van der Waals surface area (Å²) in [5.74, 6) is -0.419. The summed E-state index contributed by atoms with van der Waals surface area (Å²) in [5, 5.41) is 2.68. The van der Waals surface area contributed by atoms with Gasteiger partial charge in [-0.15, -0.1) is 0 Å². The summed E-state index contributed by atoms with van der Waals surface area (Å²) in [6.45, 7) is 5.44. The number of carbonyl (C=O) groups excluding carboxylic acids is 2. The second-order valence-corrected chi connectivity index (χ2v) is 5.43. The van der Waals surface area contributed by atoms with Crippen molar-refractivity contribution in [3.63, 3.8) is 0 Å². The molecule has 21 heavy (non-hydrogen) atoms. The van der Waals surface area contributed by atoms with Crippen LogP contribution >= 0.6 is 0 Å². The van der Waals surface area contributed by atoms with Crippen LogP contribution in [0, 0.1) is 0 Å². The molecule has 0 radical (unpaired) electrons. The highest BCUT2D eigenvalue weighted by molar-refractivity contribution is 5.72. The monoisotopic (exact) mass is 297 g/mol.